The molecule has 4 heteroatoms. The van der Waals surface area contributed by atoms with Crippen molar-refractivity contribution in [3.8, 4) is 0 Å². The van der Waals surface area contributed by atoms with Crippen LogP contribution in [-0.4, -0.2) is 23.4 Å². The Morgan fingerprint density at radius 3 is 2.73 bits per heavy atom. The minimum atomic E-state index is 0.733. The summed E-state index contributed by atoms with van der Waals surface area (Å²) in [5, 5.41) is 4.20. The highest BCUT2D eigenvalue weighted by atomic mass is 15.3. The molecule has 0 spiro atoms. The van der Waals surface area contributed by atoms with E-state index in [4.69, 9.17) is 5.73 Å². The highest BCUT2D eigenvalue weighted by Gasteiger charge is 2.06. The second-order valence-corrected chi connectivity index (χ2v) is 2.60. The predicted octanol–water partition coefficient (Wildman–Crippen LogP) is 0.458. The number of aryl methyl sites for hydroxylation is 1. The third kappa shape index (κ3) is 1.45. The molecule has 1 aromatic heterocycles. The lowest BCUT2D eigenvalue weighted by Gasteiger charge is -2.13. The summed E-state index contributed by atoms with van der Waals surface area (Å²) < 4.78 is 1.72. The molecule has 0 amide bonds. The molecule has 0 bridgehead atoms. The molecule has 0 atom stereocenters. The largest absolute Gasteiger partial charge is 0.394 e. The Hall–Kier alpha value is -1.19. The van der Waals surface area contributed by atoms with Crippen LogP contribution in [0.25, 0.3) is 0 Å². The monoisotopic (exact) mass is 154 g/mol. The van der Waals surface area contributed by atoms with Gasteiger partial charge in [-0.25, -0.2) is 0 Å². The Morgan fingerprint density at radius 1 is 1.73 bits per heavy atom. The summed E-state index contributed by atoms with van der Waals surface area (Å²) in [7, 11) is 3.84. The van der Waals surface area contributed by atoms with E-state index in [0.717, 1.165) is 18.1 Å². The Labute approximate surface area is 66.6 Å². The van der Waals surface area contributed by atoms with E-state index < -0.39 is 0 Å². The lowest BCUT2D eigenvalue weighted by molar-refractivity contribution is 0.756. The minimum absolute atomic E-state index is 0.733. The number of nitrogens with zero attached hydrogens (tertiary/aromatic N) is 3. The first kappa shape index (κ1) is 7.91. The van der Waals surface area contributed by atoms with Crippen LogP contribution in [0.1, 0.15) is 6.92 Å². The first-order chi connectivity index (χ1) is 5.15. The van der Waals surface area contributed by atoms with Crippen LogP contribution < -0.4 is 10.6 Å². The molecule has 0 fully saturated rings. The van der Waals surface area contributed by atoms with Gasteiger partial charge in [0, 0.05) is 26.8 Å². The molecule has 62 valence electrons. The van der Waals surface area contributed by atoms with Gasteiger partial charge in [-0.15, -0.1) is 0 Å². The van der Waals surface area contributed by atoms with Crippen molar-refractivity contribution in [2.45, 2.75) is 6.92 Å². The summed E-state index contributed by atoms with van der Waals surface area (Å²) >= 11 is 0. The van der Waals surface area contributed by atoms with Gasteiger partial charge in [0.1, 0.15) is 0 Å². The molecule has 0 saturated heterocycles. The average Bonchev–Trinajstić information content (AvgIpc) is 2.28. The fourth-order valence-electron chi connectivity index (χ4n) is 0.942. The van der Waals surface area contributed by atoms with Crippen molar-refractivity contribution < 1.29 is 0 Å². The molecule has 11 heavy (non-hydrogen) atoms. The van der Waals surface area contributed by atoms with Gasteiger partial charge in [-0.05, 0) is 6.92 Å². The number of aromatic nitrogens is 2. The van der Waals surface area contributed by atoms with Gasteiger partial charge in [0.15, 0.2) is 5.82 Å². The van der Waals surface area contributed by atoms with Gasteiger partial charge in [0.2, 0.25) is 0 Å². The second kappa shape index (κ2) is 2.82. The minimum Gasteiger partial charge on any atom is -0.394 e. The Kier molecular flexibility index (Phi) is 2.03. The van der Waals surface area contributed by atoms with E-state index in [0.29, 0.717) is 0 Å². The highest BCUT2D eigenvalue weighted by molar-refractivity contribution is 5.61. The molecule has 2 N–H and O–H groups in total. The maximum Gasteiger partial charge on any atom is 0.173 e. The fraction of sp³-hybridized carbons (Fsp3) is 0.571. The van der Waals surface area contributed by atoms with Gasteiger partial charge in [-0.1, -0.05) is 0 Å². The first-order valence-corrected chi connectivity index (χ1v) is 3.65. The van der Waals surface area contributed by atoms with Gasteiger partial charge in [-0.3, -0.25) is 4.68 Å². The van der Waals surface area contributed by atoms with E-state index >= 15 is 0 Å². The summed E-state index contributed by atoms with van der Waals surface area (Å²) in [5.74, 6) is 0.856. The second-order valence-electron chi connectivity index (χ2n) is 2.60. The van der Waals surface area contributed by atoms with Gasteiger partial charge >= 0.3 is 0 Å². The lowest BCUT2D eigenvalue weighted by Crippen LogP contribution is -2.17. The van der Waals surface area contributed by atoms with Gasteiger partial charge in [-0.2, -0.15) is 5.10 Å². The quantitative estimate of drug-likeness (QED) is 0.673. The SMILES string of the molecule is CCN(C)c1nn(C)cc1N. The maximum atomic E-state index is 5.69. The van der Waals surface area contributed by atoms with Crippen molar-refractivity contribution in [2.24, 2.45) is 7.05 Å². The lowest BCUT2D eigenvalue weighted by atomic mass is 10.5. The Morgan fingerprint density at radius 2 is 2.36 bits per heavy atom. The Balaban J connectivity index is 2.93. The summed E-state index contributed by atoms with van der Waals surface area (Å²) in [6.07, 6.45) is 1.81. The van der Waals surface area contributed by atoms with Crippen molar-refractivity contribution in [1.29, 1.82) is 0 Å². The molecule has 0 aliphatic heterocycles. The molecule has 0 saturated carbocycles. The van der Waals surface area contributed by atoms with Crippen LogP contribution >= 0.6 is 0 Å². The van der Waals surface area contributed by atoms with Gasteiger partial charge in [0.25, 0.3) is 0 Å². The van der Waals surface area contributed by atoms with E-state index in [2.05, 4.69) is 12.0 Å². The van der Waals surface area contributed by atoms with Crippen molar-refractivity contribution >= 4 is 11.5 Å². The van der Waals surface area contributed by atoms with Crippen LogP contribution in [0, 0.1) is 0 Å². The van der Waals surface area contributed by atoms with E-state index in [1.165, 1.54) is 0 Å². The molecule has 0 unspecified atom stereocenters. The number of hydrogen-bond donors (Lipinski definition) is 1. The third-order valence-electron chi connectivity index (χ3n) is 1.67. The highest BCUT2D eigenvalue weighted by Crippen LogP contribution is 2.17. The summed E-state index contributed by atoms with van der Waals surface area (Å²) in [4.78, 5) is 2.01. The molecule has 0 radical (unpaired) electrons. The van der Waals surface area contributed by atoms with E-state index in [1.807, 2.05) is 25.2 Å². The topological polar surface area (TPSA) is 47.1 Å². The van der Waals surface area contributed by atoms with Crippen LogP contribution in [0.3, 0.4) is 0 Å². The van der Waals surface area contributed by atoms with Gasteiger partial charge < -0.3 is 10.6 Å². The van der Waals surface area contributed by atoms with Crippen LogP contribution in [0.5, 0.6) is 0 Å². The average molecular weight is 154 g/mol. The number of rotatable bonds is 2. The standard InChI is InChI=1S/C7H14N4/c1-4-10(2)7-6(8)5-11(3)9-7/h5H,4,8H2,1-3H3. The molecule has 0 aliphatic rings. The first-order valence-electron chi connectivity index (χ1n) is 3.65. The summed E-state index contributed by atoms with van der Waals surface area (Å²) in [6.45, 7) is 2.98. The zero-order valence-electron chi connectivity index (χ0n) is 7.20. The predicted molar refractivity (Wildman–Crippen MR) is 46.6 cm³/mol. The molecule has 0 aliphatic carbocycles. The normalized spacial score (nSPS) is 10.1. The molecular weight excluding hydrogens is 140 g/mol. The van der Waals surface area contributed by atoms with E-state index in [1.54, 1.807) is 4.68 Å². The van der Waals surface area contributed by atoms with Crippen molar-refractivity contribution in [3.05, 3.63) is 6.20 Å². The molecule has 1 rings (SSSR count). The number of anilines is 2. The van der Waals surface area contributed by atoms with Crippen LogP contribution in [-0.2, 0) is 7.05 Å². The van der Waals surface area contributed by atoms with Crippen LogP contribution in [0.2, 0.25) is 0 Å². The molecule has 0 aromatic carbocycles. The number of nitrogen functional groups attached to an aromatic ring is 1. The number of nitrogens with two attached hydrogens (primary N) is 1. The van der Waals surface area contributed by atoms with E-state index in [-0.39, 0.29) is 0 Å². The zero-order chi connectivity index (χ0) is 8.43. The summed E-state index contributed by atoms with van der Waals surface area (Å²) in [5.41, 5.74) is 6.43. The summed E-state index contributed by atoms with van der Waals surface area (Å²) in [6, 6.07) is 0. The van der Waals surface area contributed by atoms with Crippen LogP contribution in [0.4, 0.5) is 11.5 Å². The molecule has 1 aromatic rings. The molecule has 4 nitrogen and oxygen atoms in total. The smallest absolute Gasteiger partial charge is 0.173 e. The van der Waals surface area contributed by atoms with Gasteiger partial charge in [0.05, 0.1) is 5.69 Å². The van der Waals surface area contributed by atoms with Crippen LogP contribution in [0.15, 0.2) is 6.20 Å². The number of hydrogen-bond acceptors (Lipinski definition) is 3. The Bertz CT molecular complexity index is 241. The zero-order valence-corrected chi connectivity index (χ0v) is 7.20. The van der Waals surface area contributed by atoms with Crippen molar-refractivity contribution in [2.75, 3.05) is 24.2 Å². The third-order valence-corrected chi connectivity index (χ3v) is 1.67. The van der Waals surface area contributed by atoms with Crippen molar-refractivity contribution in [1.82, 2.24) is 9.78 Å². The fourth-order valence-corrected chi connectivity index (χ4v) is 0.942. The molecular formula is C7H14N4. The maximum absolute atomic E-state index is 5.69. The molecule has 1 heterocycles. The van der Waals surface area contributed by atoms with E-state index in [9.17, 15) is 0 Å². The van der Waals surface area contributed by atoms with Crippen molar-refractivity contribution in [3.63, 3.8) is 0 Å².